The number of ether oxygens (including phenoxy) is 2. The minimum absolute atomic E-state index is 0.223. The maximum atomic E-state index is 11.4. The third-order valence-corrected chi connectivity index (χ3v) is 4.00. The Morgan fingerprint density at radius 1 is 1.14 bits per heavy atom. The van der Waals surface area contributed by atoms with Gasteiger partial charge in [0.25, 0.3) is 0 Å². The number of nitrogens with zero attached hydrogens (tertiary/aromatic N) is 1. The van der Waals surface area contributed by atoms with Crippen LogP contribution in [0.3, 0.4) is 0 Å². The monoisotopic (exact) mass is 381 g/mol. The number of carbonyl (C=O) groups is 1. The second-order valence-electron chi connectivity index (χ2n) is 6.18. The van der Waals surface area contributed by atoms with E-state index in [9.17, 15) is 9.90 Å². The van der Waals surface area contributed by atoms with Crippen molar-refractivity contribution in [3.05, 3.63) is 53.9 Å². The number of hydrogen-bond acceptors (Lipinski definition) is 5. The van der Waals surface area contributed by atoms with Crippen LogP contribution in [0.2, 0.25) is 0 Å². The van der Waals surface area contributed by atoms with Gasteiger partial charge in [-0.2, -0.15) is 0 Å². The predicted molar refractivity (Wildman–Crippen MR) is 108 cm³/mol. The van der Waals surface area contributed by atoms with Gasteiger partial charge in [0.15, 0.2) is 17.1 Å². The van der Waals surface area contributed by atoms with Crippen molar-refractivity contribution in [1.29, 1.82) is 0 Å². The molecule has 28 heavy (non-hydrogen) atoms. The molecule has 146 valence electrons. The first-order chi connectivity index (χ1) is 13.6. The molecule has 0 fully saturated rings. The Labute approximate surface area is 163 Å². The molecule has 0 atom stereocenters. The Hall–Kier alpha value is -3.28. The molecule has 0 radical (unpaired) electrons. The van der Waals surface area contributed by atoms with E-state index in [1.807, 2.05) is 50.2 Å². The number of carboxylic acids is 1. The largest absolute Gasteiger partial charge is 0.490 e. The Kier molecular flexibility index (Phi) is 6.32. The van der Waals surface area contributed by atoms with E-state index < -0.39 is 5.97 Å². The van der Waals surface area contributed by atoms with Gasteiger partial charge in [-0.15, -0.1) is 0 Å². The van der Waals surface area contributed by atoms with Crippen LogP contribution in [0.4, 0.5) is 0 Å². The third-order valence-electron chi connectivity index (χ3n) is 4.00. The molecule has 2 aromatic carbocycles. The Morgan fingerprint density at radius 3 is 2.68 bits per heavy atom. The highest BCUT2D eigenvalue weighted by atomic mass is 16.5. The zero-order chi connectivity index (χ0) is 19.9. The molecule has 3 rings (SSSR count). The molecule has 6 heteroatoms. The fourth-order valence-electron chi connectivity index (χ4n) is 2.82. The molecular weight excluding hydrogens is 358 g/mol. The quantitative estimate of drug-likeness (QED) is 0.560. The predicted octanol–water partition coefficient (Wildman–Crippen LogP) is 5.03. The van der Waals surface area contributed by atoms with Gasteiger partial charge in [0.05, 0.1) is 19.6 Å². The molecule has 0 spiro atoms. The fraction of sp³-hybridized carbons (Fsp3) is 0.273. The van der Waals surface area contributed by atoms with Crippen molar-refractivity contribution in [1.82, 2.24) is 4.98 Å². The molecule has 0 bridgehead atoms. The lowest BCUT2D eigenvalue weighted by Gasteiger charge is -2.14. The van der Waals surface area contributed by atoms with Gasteiger partial charge in [0, 0.05) is 11.1 Å². The molecule has 0 aliphatic carbocycles. The second kappa shape index (κ2) is 9.08. The maximum absolute atomic E-state index is 11.4. The first kappa shape index (κ1) is 19.5. The van der Waals surface area contributed by atoms with Crippen LogP contribution in [-0.2, 0) is 4.79 Å². The number of rotatable bonds is 9. The number of carboxylic acid groups (broad SMARTS) is 1. The number of oxazole rings is 1. The normalized spacial score (nSPS) is 11.6. The molecule has 0 aliphatic heterocycles. The SMILES string of the molecule is CCCOc1c(/C=C(\CC(=O)O)c2nc3ccccc3o2)cccc1OCC. The summed E-state index contributed by atoms with van der Waals surface area (Å²) in [6, 6.07) is 12.9. The number of benzene rings is 2. The van der Waals surface area contributed by atoms with E-state index in [1.54, 1.807) is 12.1 Å². The fourth-order valence-corrected chi connectivity index (χ4v) is 2.82. The van der Waals surface area contributed by atoms with Crippen molar-refractivity contribution in [2.45, 2.75) is 26.7 Å². The molecule has 0 saturated heterocycles. The van der Waals surface area contributed by atoms with Crippen molar-refractivity contribution >= 4 is 28.7 Å². The van der Waals surface area contributed by atoms with Crippen molar-refractivity contribution in [2.75, 3.05) is 13.2 Å². The molecule has 6 nitrogen and oxygen atoms in total. The van der Waals surface area contributed by atoms with Crippen LogP contribution >= 0.6 is 0 Å². The molecule has 0 amide bonds. The van der Waals surface area contributed by atoms with E-state index in [1.165, 1.54) is 0 Å². The van der Waals surface area contributed by atoms with Crippen molar-refractivity contribution in [3.8, 4) is 11.5 Å². The average molecular weight is 381 g/mol. The standard InChI is InChI=1S/C22H23NO5/c1-3-12-27-21-15(8-7-11-19(21)26-4-2)13-16(14-20(24)25)22-23-17-9-5-6-10-18(17)28-22/h5-11,13H,3-4,12,14H2,1-2H3,(H,24,25)/b16-13+. The first-order valence-corrected chi connectivity index (χ1v) is 9.29. The molecule has 1 heterocycles. The number of para-hydroxylation sites is 3. The van der Waals surface area contributed by atoms with E-state index in [-0.39, 0.29) is 12.3 Å². The highest BCUT2D eigenvalue weighted by molar-refractivity contribution is 5.92. The Balaban J connectivity index is 2.09. The molecule has 0 unspecified atom stereocenters. The van der Waals surface area contributed by atoms with Gasteiger partial charge in [0.1, 0.15) is 5.52 Å². The smallest absolute Gasteiger partial charge is 0.308 e. The van der Waals surface area contributed by atoms with E-state index >= 15 is 0 Å². The Bertz CT molecular complexity index is 957. The zero-order valence-corrected chi connectivity index (χ0v) is 16.0. The van der Waals surface area contributed by atoms with E-state index in [0.717, 1.165) is 12.0 Å². The van der Waals surface area contributed by atoms with Gasteiger partial charge < -0.3 is 19.0 Å². The minimum atomic E-state index is -0.967. The van der Waals surface area contributed by atoms with Crippen LogP contribution in [0, 0.1) is 0 Å². The summed E-state index contributed by atoms with van der Waals surface area (Å²) in [6.07, 6.45) is 2.36. The number of aromatic nitrogens is 1. The first-order valence-electron chi connectivity index (χ1n) is 9.29. The van der Waals surface area contributed by atoms with E-state index in [4.69, 9.17) is 13.9 Å². The molecule has 3 aromatic rings. The van der Waals surface area contributed by atoms with Crippen molar-refractivity contribution in [3.63, 3.8) is 0 Å². The second-order valence-corrected chi connectivity index (χ2v) is 6.18. The lowest BCUT2D eigenvalue weighted by atomic mass is 10.1. The summed E-state index contributed by atoms with van der Waals surface area (Å²) < 4.78 is 17.4. The van der Waals surface area contributed by atoms with Gasteiger partial charge >= 0.3 is 5.97 Å². The highest BCUT2D eigenvalue weighted by Crippen LogP contribution is 2.35. The van der Waals surface area contributed by atoms with Crippen molar-refractivity contribution < 1.29 is 23.8 Å². The number of aliphatic carboxylic acids is 1. The molecule has 1 aromatic heterocycles. The summed E-state index contributed by atoms with van der Waals surface area (Å²) >= 11 is 0. The van der Waals surface area contributed by atoms with E-state index in [2.05, 4.69) is 4.98 Å². The van der Waals surface area contributed by atoms with Crippen LogP contribution in [0.1, 0.15) is 38.1 Å². The summed E-state index contributed by atoms with van der Waals surface area (Å²) in [5, 5.41) is 9.38. The highest BCUT2D eigenvalue weighted by Gasteiger charge is 2.17. The van der Waals surface area contributed by atoms with E-state index in [0.29, 0.717) is 41.4 Å². The third kappa shape index (κ3) is 4.52. The number of fused-ring (bicyclic) bond motifs is 1. The average Bonchev–Trinajstić information content (AvgIpc) is 3.11. The van der Waals surface area contributed by atoms with Gasteiger partial charge in [-0.3, -0.25) is 4.79 Å². The van der Waals surface area contributed by atoms with Gasteiger partial charge in [-0.1, -0.05) is 31.2 Å². The molecular formula is C22H23NO5. The lowest BCUT2D eigenvalue weighted by Crippen LogP contribution is -2.02. The summed E-state index contributed by atoms with van der Waals surface area (Å²) in [7, 11) is 0. The number of hydrogen-bond donors (Lipinski definition) is 1. The van der Waals surface area contributed by atoms with Gasteiger partial charge in [-0.25, -0.2) is 4.98 Å². The lowest BCUT2D eigenvalue weighted by molar-refractivity contribution is -0.135. The molecule has 0 saturated carbocycles. The summed E-state index contributed by atoms with van der Waals surface area (Å²) in [6.45, 7) is 4.96. The maximum Gasteiger partial charge on any atom is 0.308 e. The molecule has 1 N–H and O–H groups in total. The molecule has 0 aliphatic rings. The van der Waals surface area contributed by atoms with Crippen LogP contribution < -0.4 is 9.47 Å². The van der Waals surface area contributed by atoms with Gasteiger partial charge in [0.2, 0.25) is 5.89 Å². The Morgan fingerprint density at radius 2 is 1.96 bits per heavy atom. The minimum Gasteiger partial charge on any atom is -0.490 e. The zero-order valence-electron chi connectivity index (χ0n) is 16.0. The summed E-state index contributed by atoms with van der Waals surface area (Å²) in [5.74, 6) is 0.527. The van der Waals surface area contributed by atoms with Gasteiger partial charge in [-0.05, 0) is 37.6 Å². The summed E-state index contributed by atoms with van der Waals surface area (Å²) in [5.41, 5.74) is 2.47. The van der Waals surface area contributed by atoms with Crippen LogP contribution in [0.15, 0.2) is 46.9 Å². The van der Waals surface area contributed by atoms with Crippen LogP contribution in [0.5, 0.6) is 11.5 Å². The van der Waals surface area contributed by atoms with Crippen LogP contribution in [-0.4, -0.2) is 29.3 Å². The summed E-state index contributed by atoms with van der Waals surface area (Å²) in [4.78, 5) is 15.9. The topological polar surface area (TPSA) is 81.8 Å². The van der Waals surface area contributed by atoms with Crippen molar-refractivity contribution in [2.24, 2.45) is 0 Å². The van der Waals surface area contributed by atoms with Crippen LogP contribution in [0.25, 0.3) is 22.7 Å².